The SMILES string of the molecule is COc1cc(OC)cc(N(C)Sc2ccc3c(ccn3C)c2)c1. The Morgan fingerprint density at radius 3 is 2.30 bits per heavy atom. The van der Waals surface area contributed by atoms with Crippen molar-refractivity contribution in [1.29, 1.82) is 0 Å². The van der Waals surface area contributed by atoms with Crippen LogP contribution in [0.5, 0.6) is 11.5 Å². The molecular weight excluding hydrogens is 308 g/mol. The second kappa shape index (κ2) is 6.46. The molecule has 0 aliphatic carbocycles. The molecule has 23 heavy (non-hydrogen) atoms. The van der Waals surface area contributed by atoms with Gasteiger partial charge >= 0.3 is 0 Å². The Morgan fingerprint density at radius 1 is 0.957 bits per heavy atom. The number of hydrogen-bond acceptors (Lipinski definition) is 4. The van der Waals surface area contributed by atoms with Gasteiger partial charge < -0.3 is 18.3 Å². The molecule has 4 nitrogen and oxygen atoms in total. The monoisotopic (exact) mass is 328 g/mol. The highest BCUT2D eigenvalue weighted by Crippen LogP contribution is 2.34. The minimum Gasteiger partial charge on any atom is -0.497 e. The normalized spacial score (nSPS) is 10.8. The average molecular weight is 328 g/mol. The molecule has 0 atom stereocenters. The van der Waals surface area contributed by atoms with Gasteiger partial charge in [0.15, 0.2) is 0 Å². The van der Waals surface area contributed by atoms with E-state index in [9.17, 15) is 0 Å². The van der Waals surface area contributed by atoms with Gasteiger partial charge in [0, 0.05) is 54.3 Å². The smallest absolute Gasteiger partial charge is 0.124 e. The minimum atomic E-state index is 0.783. The minimum absolute atomic E-state index is 0.783. The van der Waals surface area contributed by atoms with Gasteiger partial charge in [-0.3, -0.25) is 0 Å². The predicted octanol–water partition coefficient (Wildman–Crippen LogP) is 4.34. The van der Waals surface area contributed by atoms with Crippen LogP contribution in [0.25, 0.3) is 10.9 Å². The Morgan fingerprint density at radius 2 is 1.65 bits per heavy atom. The third-order valence-corrected chi connectivity index (χ3v) is 4.75. The van der Waals surface area contributed by atoms with Crippen molar-refractivity contribution in [3.05, 3.63) is 48.7 Å². The first-order chi connectivity index (χ1) is 11.1. The van der Waals surface area contributed by atoms with E-state index in [-0.39, 0.29) is 0 Å². The van der Waals surface area contributed by atoms with E-state index in [0.29, 0.717) is 0 Å². The van der Waals surface area contributed by atoms with Gasteiger partial charge in [0.05, 0.1) is 19.9 Å². The fraction of sp³-hybridized carbons (Fsp3) is 0.222. The van der Waals surface area contributed by atoms with Crippen LogP contribution in [0, 0.1) is 0 Å². The van der Waals surface area contributed by atoms with E-state index >= 15 is 0 Å². The van der Waals surface area contributed by atoms with Crippen molar-refractivity contribution in [3.63, 3.8) is 0 Å². The molecule has 0 fully saturated rings. The summed E-state index contributed by atoms with van der Waals surface area (Å²) in [5.74, 6) is 1.57. The topological polar surface area (TPSA) is 26.6 Å². The van der Waals surface area contributed by atoms with Gasteiger partial charge in [-0.25, -0.2) is 0 Å². The van der Waals surface area contributed by atoms with Crippen molar-refractivity contribution in [3.8, 4) is 11.5 Å². The summed E-state index contributed by atoms with van der Waals surface area (Å²) in [6, 6.07) is 14.5. The van der Waals surface area contributed by atoms with Crippen LogP contribution in [0.3, 0.4) is 0 Å². The maximum absolute atomic E-state index is 5.34. The molecule has 0 spiro atoms. The number of hydrogen-bond donors (Lipinski definition) is 0. The van der Waals surface area contributed by atoms with Crippen molar-refractivity contribution in [2.24, 2.45) is 7.05 Å². The van der Waals surface area contributed by atoms with Gasteiger partial charge in [-0.05, 0) is 36.2 Å². The molecule has 0 radical (unpaired) electrons. The van der Waals surface area contributed by atoms with E-state index in [1.54, 1.807) is 26.2 Å². The number of ether oxygens (including phenoxy) is 2. The molecule has 0 saturated heterocycles. The zero-order valence-corrected chi connectivity index (χ0v) is 14.6. The molecule has 0 amide bonds. The quantitative estimate of drug-likeness (QED) is 0.651. The van der Waals surface area contributed by atoms with E-state index < -0.39 is 0 Å². The standard InChI is InChI=1S/C18H20N2O2S/c1-19-8-7-13-9-17(5-6-18(13)19)23-20(2)14-10-15(21-3)12-16(11-14)22-4/h5-12H,1-4H3. The molecule has 0 bridgehead atoms. The van der Waals surface area contributed by atoms with E-state index in [4.69, 9.17) is 9.47 Å². The molecule has 120 valence electrons. The van der Waals surface area contributed by atoms with Crippen LogP contribution in [0.1, 0.15) is 0 Å². The van der Waals surface area contributed by atoms with Crippen molar-refractivity contribution in [2.45, 2.75) is 4.90 Å². The Hall–Kier alpha value is -2.27. The van der Waals surface area contributed by atoms with E-state index in [0.717, 1.165) is 17.2 Å². The zero-order chi connectivity index (χ0) is 16.4. The Kier molecular flexibility index (Phi) is 4.39. The number of nitrogens with zero attached hydrogens (tertiary/aromatic N) is 2. The van der Waals surface area contributed by atoms with Crippen molar-refractivity contribution in [1.82, 2.24) is 4.57 Å². The Labute approximate surface area is 140 Å². The third-order valence-electron chi connectivity index (χ3n) is 3.80. The molecule has 1 heterocycles. The number of aryl methyl sites for hydroxylation is 1. The van der Waals surface area contributed by atoms with Crippen LogP contribution in [0.4, 0.5) is 5.69 Å². The fourth-order valence-electron chi connectivity index (χ4n) is 2.50. The number of fused-ring (bicyclic) bond motifs is 1. The largest absolute Gasteiger partial charge is 0.497 e. The summed E-state index contributed by atoms with van der Waals surface area (Å²) < 4.78 is 14.9. The first kappa shape index (κ1) is 15.6. The molecule has 0 aliphatic rings. The number of methoxy groups -OCH3 is 2. The molecule has 0 aliphatic heterocycles. The molecule has 0 unspecified atom stereocenters. The van der Waals surface area contributed by atoms with E-state index in [1.165, 1.54) is 15.8 Å². The molecule has 1 aromatic heterocycles. The summed E-state index contributed by atoms with van der Waals surface area (Å²) in [5.41, 5.74) is 2.26. The van der Waals surface area contributed by atoms with Crippen LogP contribution in [0.15, 0.2) is 53.6 Å². The molecule has 3 aromatic rings. The van der Waals surface area contributed by atoms with Crippen molar-refractivity contribution in [2.75, 3.05) is 25.6 Å². The average Bonchev–Trinajstić information content (AvgIpc) is 2.94. The maximum Gasteiger partial charge on any atom is 0.124 e. The fourth-order valence-corrected chi connectivity index (χ4v) is 3.34. The molecule has 0 saturated carbocycles. The zero-order valence-electron chi connectivity index (χ0n) is 13.7. The first-order valence-electron chi connectivity index (χ1n) is 7.30. The number of aromatic nitrogens is 1. The molecule has 0 N–H and O–H groups in total. The van der Waals surface area contributed by atoms with Crippen molar-refractivity contribution >= 4 is 28.5 Å². The van der Waals surface area contributed by atoms with Crippen LogP contribution in [-0.4, -0.2) is 25.8 Å². The molecule has 2 aromatic carbocycles. The summed E-state index contributed by atoms with van der Waals surface area (Å²) in [5, 5.41) is 1.24. The van der Waals surface area contributed by atoms with Crippen molar-refractivity contribution < 1.29 is 9.47 Å². The van der Waals surface area contributed by atoms with Crippen LogP contribution >= 0.6 is 11.9 Å². The highest BCUT2D eigenvalue weighted by atomic mass is 32.2. The summed E-state index contributed by atoms with van der Waals surface area (Å²) >= 11 is 1.67. The lowest BCUT2D eigenvalue weighted by atomic mass is 10.2. The Bertz CT molecular complexity index is 807. The van der Waals surface area contributed by atoms with Crippen LogP contribution in [-0.2, 0) is 7.05 Å². The second-order valence-electron chi connectivity index (χ2n) is 5.31. The molecule has 3 rings (SSSR count). The maximum atomic E-state index is 5.34. The van der Waals surface area contributed by atoms with E-state index in [1.807, 2.05) is 25.2 Å². The highest BCUT2D eigenvalue weighted by molar-refractivity contribution is 8.00. The van der Waals surface area contributed by atoms with Gasteiger partial charge in [-0.1, -0.05) is 0 Å². The van der Waals surface area contributed by atoms with Gasteiger partial charge in [-0.2, -0.15) is 0 Å². The molecule has 5 heteroatoms. The molecular formula is C18H20N2O2S. The first-order valence-corrected chi connectivity index (χ1v) is 8.08. The van der Waals surface area contributed by atoms with Crippen LogP contribution < -0.4 is 13.8 Å². The van der Waals surface area contributed by atoms with Crippen LogP contribution in [0.2, 0.25) is 0 Å². The van der Waals surface area contributed by atoms with Gasteiger partial charge in [0.25, 0.3) is 0 Å². The number of rotatable bonds is 5. The van der Waals surface area contributed by atoms with Gasteiger partial charge in [-0.15, -0.1) is 0 Å². The van der Waals surface area contributed by atoms with E-state index in [2.05, 4.69) is 46.4 Å². The summed E-state index contributed by atoms with van der Waals surface area (Å²) in [6.07, 6.45) is 2.08. The lowest BCUT2D eigenvalue weighted by Crippen LogP contribution is -2.06. The Balaban J connectivity index is 1.86. The lowest BCUT2D eigenvalue weighted by Gasteiger charge is -2.19. The highest BCUT2D eigenvalue weighted by Gasteiger charge is 2.09. The van der Waals surface area contributed by atoms with Gasteiger partial charge in [0.2, 0.25) is 0 Å². The number of anilines is 1. The van der Waals surface area contributed by atoms with Gasteiger partial charge in [0.1, 0.15) is 11.5 Å². The second-order valence-corrected chi connectivity index (χ2v) is 6.51. The third kappa shape index (κ3) is 3.24. The number of benzene rings is 2. The lowest BCUT2D eigenvalue weighted by molar-refractivity contribution is 0.394. The summed E-state index contributed by atoms with van der Waals surface area (Å²) in [4.78, 5) is 1.19. The summed E-state index contributed by atoms with van der Waals surface area (Å²) in [6.45, 7) is 0. The predicted molar refractivity (Wildman–Crippen MR) is 96.7 cm³/mol. The summed E-state index contributed by atoms with van der Waals surface area (Å²) in [7, 11) is 7.42.